The number of urea groups is 1. The Morgan fingerprint density at radius 1 is 1.24 bits per heavy atom. The summed E-state index contributed by atoms with van der Waals surface area (Å²) in [5.74, 6) is 0.827. The molecular weight excluding hydrogens is 327 g/mol. The third-order valence-electron chi connectivity index (χ3n) is 4.11. The molecule has 1 heterocycles. The fourth-order valence-corrected chi connectivity index (χ4v) is 2.57. The molecule has 0 fully saturated rings. The van der Waals surface area contributed by atoms with Crippen LogP contribution in [-0.4, -0.2) is 26.5 Å². The molecule has 0 bridgehead atoms. The van der Waals surface area contributed by atoms with Crippen molar-refractivity contribution in [3.8, 4) is 11.5 Å². The molecule has 0 aromatic heterocycles. The van der Waals surface area contributed by atoms with Crippen molar-refractivity contribution in [2.45, 2.75) is 12.5 Å². The quantitative estimate of drug-likeness (QED) is 0.872. The molecule has 1 aliphatic rings. The van der Waals surface area contributed by atoms with Crippen LogP contribution in [0, 0.1) is 5.82 Å². The molecule has 25 heavy (non-hydrogen) atoms. The van der Waals surface area contributed by atoms with Gasteiger partial charge in [0.25, 0.3) is 0 Å². The van der Waals surface area contributed by atoms with Crippen molar-refractivity contribution in [3.63, 3.8) is 0 Å². The van der Waals surface area contributed by atoms with E-state index in [0.717, 1.165) is 0 Å². The van der Waals surface area contributed by atoms with E-state index in [9.17, 15) is 9.18 Å². The first-order chi connectivity index (χ1) is 12.0. The van der Waals surface area contributed by atoms with Crippen molar-refractivity contribution in [2.75, 3.05) is 25.8 Å². The molecule has 132 valence electrons. The third kappa shape index (κ3) is 3.66. The lowest BCUT2D eigenvalue weighted by molar-refractivity contribution is 0.00235. The smallest absolute Gasteiger partial charge is 0.319 e. The molecule has 2 amide bonds. The minimum Gasteiger partial charge on any atom is -0.454 e. The SMILES string of the molecule is COC(C)(CNC(=O)Nc1ccc2c(c1)OCO2)c1ccccc1F. The van der Waals surface area contributed by atoms with Gasteiger partial charge in [-0.25, -0.2) is 9.18 Å². The summed E-state index contributed by atoms with van der Waals surface area (Å²) in [7, 11) is 1.48. The van der Waals surface area contributed by atoms with E-state index in [1.807, 2.05) is 0 Å². The monoisotopic (exact) mass is 346 g/mol. The Morgan fingerprint density at radius 3 is 2.76 bits per heavy atom. The minimum atomic E-state index is -0.989. The maximum atomic E-state index is 14.0. The van der Waals surface area contributed by atoms with Crippen LogP contribution in [-0.2, 0) is 10.3 Å². The number of carbonyl (C=O) groups excluding carboxylic acids is 1. The number of rotatable bonds is 5. The summed E-state index contributed by atoms with van der Waals surface area (Å²) in [6, 6.07) is 11.0. The second-order valence-corrected chi connectivity index (χ2v) is 5.79. The zero-order valence-electron chi connectivity index (χ0n) is 14.0. The first kappa shape index (κ1) is 17.0. The zero-order chi connectivity index (χ0) is 17.9. The Hall–Kier alpha value is -2.80. The first-order valence-electron chi connectivity index (χ1n) is 7.76. The van der Waals surface area contributed by atoms with Gasteiger partial charge in [-0.3, -0.25) is 0 Å². The maximum absolute atomic E-state index is 14.0. The van der Waals surface area contributed by atoms with Crippen molar-refractivity contribution in [2.24, 2.45) is 0 Å². The van der Waals surface area contributed by atoms with Crippen LogP contribution in [0.3, 0.4) is 0 Å². The molecule has 0 saturated heterocycles. The predicted octanol–water partition coefficient (Wildman–Crippen LogP) is 3.24. The number of benzene rings is 2. The number of hydrogen-bond donors (Lipinski definition) is 2. The summed E-state index contributed by atoms with van der Waals surface area (Å²) in [5.41, 5.74) is -0.0509. The number of hydrogen-bond acceptors (Lipinski definition) is 4. The molecule has 2 N–H and O–H groups in total. The van der Waals surface area contributed by atoms with E-state index >= 15 is 0 Å². The highest BCUT2D eigenvalue weighted by Crippen LogP contribution is 2.34. The van der Waals surface area contributed by atoms with E-state index in [1.54, 1.807) is 43.3 Å². The number of anilines is 1. The number of methoxy groups -OCH3 is 1. The zero-order valence-corrected chi connectivity index (χ0v) is 14.0. The van der Waals surface area contributed by atoms with E-state index in [0.29, 0.717) is 22.7 Å². The fraction of sp³-hybridized carbons (Fsp3) is 0.278. The Bertz CT molecular complexity index is 783. The van der Waals surface area contributed by atoms with Crippen molar-refractivity contribution in [1.82, 2.24) is 5.32 Å². The highest BCUT2D eigenvalue weighted by molar-refractivity contribution is 5.89. The third-order valence-corrected chi connectivity index (χ3v) is 4.11. The van der Waals surface area contributed by atoms with Gasteiger partial charge >= 0.3 is 6.03 Å². The second kappa shape index (κ2) is 6.98. The number of fused-ring (bicyclic) bond motifs is 1. The lowest BCUT2D eigenvalue weighted by atomic mass is 9.95. The molecular formula is C18H19FN2O4. The summed E-state index contributed by atoms with van der Waals surface area (Å²) in [5, 5.41) is 5.40. The molecule has 2 aromatic rings. The van der Waals surface area contributed by atoms with Gasteiger partial charge in [-0.05, 0) is 25.1 Å². The van der Waals surface area contributed by atoms with Gasteiger partial charge in [0.15, 0.2) is 11.5 Å². The van der Waals surface area contributed by atoms with Crippen LogP contribution in [0.1, 0.15) is 12.5 Å². The molecule has 3 rings (SSSR count). The molecule has 7 heteroatoms. The topological polar surface area (TPSA) is 68.8 Å². The van der Waals surface area contributed by atoms with Crippen LogP contribution in [0.15, 0.2) is 42.5 Å². The molecule has 6 nitrogen and oxygen atoms in total. The standard InChI is InChI=1S/C18H19FN2O4/c1-18(23-2,13-5-3-4-6-14(13)19)10-20-17(22)21-12-7-8-15-16(9-12)25-11-24-15/h3-9H,10-11H2,1-2H3,(H2,20,21,22). The lowest BCUT2D eigenvalue weighted by Gasteiger charge is -2.29. The van der Waals surface area contributed by atoms with Crippen LogP contribution in [0.25, 0.3) is 0 Å². The molecule has 0 saturated carbocycles. The Morgan fingerprint density at radius 2 is 2.00 bits per heavy atom. The van der Waals surface area contributed by atoms with Gasteiger partial charge in [0.2, 0.25) is 6.79 Å². The van der Waals surface area contributed by atoms with E-state index in [-0.39, 0.29) is 19.2 Å². The molecule has 1 aliphatic heterocycles. The van der Waals surface area contributed by atoms with E-state index in [1.165, 1.54) is 13.2 Å². The fourth-order valence-electron chi connectivity index (χ4n) is 2.57. The summed E-state index contributed by atoms with van der Waals surface area (Å²) in [6.45, 7) is 1.98. The molecule has 0 spiro atoms. The van der Waals surface area contributed by atoms with Gasteiger partial charge in [-0.15, -0.1) is 0 Å². The average Bonchev–Trinajstić information content (AvgIpc) is 3.08. The summed E-state index contributed by atoms with van der Waals surface area (Å²) in [6.07, 6.45) is 0. The predicted molar refractivity (Wildman–Crippen MR) is 90.3 cm³/mol. The average molecular weight is 346 g/mol. The Kier molecular flexibility index (Phi) is 4.76. The van der Waals surface area contributed by atoms with E-state index < -0.39 is 11.6 Å². The lowest BCUT2D eigenvalue weighted by Crippen LogP contribution is -2.42. The number of halogens is 1. The normalized spacial score (nSPS) is 14.7. The number of amides is 2. The van der Waals surface area contributed by atoms with Gasteiger partial charge in [0.05, 0.1) is 6.54 Å². The van der Waals surface area contributed by atoms with Crippen molar-refractivity contribution >= 4 is 11.7 Å². The van der Waals surface area contributed by atoms with Crippen LogP contribution >= 0.6 is 0 Å². The molecule has 0 aliphatic carbocycles. The van der Waals surface area contributed by atoms with Crippen LogP contribution < -0.4 is 20.1 Å². The molecule has 1 unspecified atom stereocenters. The number of carbonyl (C=O) groups is 1. The highest BCUT2D eigenvalue weighted by atomic mass is 19.1. The Balaban J connectivity index is 1.64. The second-order valence-electron chi connectivity index (χ2n) is 5.79. The number of nitrogens with one attached hydrogen (secondary N) is 2. The van der Waals surface area contributed by atoms with Crippen molar-refractivity contribution in [1.29, 1.82) is 0 Å². The molecule has 1 atom stereocenters. The van der Waals surface area contributed by atoms with Crippen LogP contribution in [0.4, 0.5) is 14.9 Å². The highest BCUT2D eigenvalue weighted by Gasteiger charge is 2.29. The van der Waals surface area contributed by atoms with Gasteiger partial charge in [0.1, 0.15) is 11.4 Å². The van der Waals surface area contributed by atoms with E-state index in [2.05, 4.69) is 10.6 Å². The molecule has 0 radical (unpaired) electrons. The van der Waals surface area contributed by atoms with Crippen LogP contribution in [0.5, 0.6) is 11.5 Å². The minimum absolute atomic E-state index is 0.0980. The van der Waals surface area contributed by atoms with Gasteiger partial charge in [-0.1, -0.05) is 18.2 Å². The van der Waals surface area contributed by atoms with E-state index in [4.69, 9.17) is 14.2 Å². The summed E-state index contributed by atoms with van der Waals surface area (Å²) in [4.78, 5) is 12.1. The van der Waals surface area contributed by atoms with Gasteiger partial charge in [-0.2, -0.15) is 0 Å². The summed E-state index contributed by atoms with van der Waals surface area (Å²) < 4.78 is 30.0. The largest absolute Gasteiger partial charge is 0.454 e. The van der Waals surface area contributed by atoms with Crippen molar-refractivity contribution in [3.05, 3.63) is 53.8 Å². The van der Waals surface area contributed by atoms with Crippen LogP contribution in [0.2, 0.25) is 0 Å². The maximum Gasteiger partial charge on any atom is 0.319 e. The van der Waals surface area contributed by atoms with Gasteiger partial charge in [0, 0.05) is 24.4 Å². The summed E-state index contributed by atoms with van der Waals surface area (Å²) >= 11 is 0. The first-order valence-corrected chi connectivity index (χ1v) is 7.76. The number of ether oxygens (including phenoxy) is 3. The Labute approximate surface area is 144 Å². The molecule has 2 aromatic carbocycles. The van der Waals surface area contributed by atoms with Crippen molar-refractivity contribution < 1.29 is 23.4 Å². The van der Waals surface area contributed by atoms with Gasteiger partial charge < -0.3 is 24.8 Å².